The van der Waals surface area contributed by atoms with E-state index >= 15 is 0 Å². The van der Waals surface area contributed by atoms with E-state index in [1.54, 1.807) is 7.11 Å². The number of fused-ring (bicyclic) bond motifs is 2. The van der Waals surface area contributed by atoms with Crippen LogP contribution in [-0.4, -0.2) is 40.3 Å². The first kappa shape index (κ1) is 19.2. The van der Waals surface area contributed by atoms with Gasteiger partial charge in [0.25, 0.3) is 0 Å². The fourth-order valence-electron chi connectivity index (χ4n) is 4.70. The van der Waals surface area contributed by atoms with E-state index in [4.69, 9.17) is 19.7 Å². The number of ether oxygens (including phenoxy) is 1. The fourth-order valence-corrected chi connectivity index (χ4v) is 4.70. The molecule has 6 heteroatoms. The zero-order valence-corrected chi connectivity index (χ0v) is 17.9. The third-order valence-electron chi connectivity index (χ3n) is 6.52. The highest BCUT2D eigenvalue weighted by molar-refractivity contribution is 5.80. The molecule has 0 spiro atoms. The molecule has 1 fully saturated rings. The highest BCUT2D eigenvalue weighted by Crippen LogP contribution is 2.39. The van der Waals surface area contributed by atoms with Gasteiger partial charge in [0.05, 0.1) is 41.5 Å². The van der Waals surface area contributed by atoms with Crippen molar-refractivity contribution in [3.63, 3.8) is 0 Å². The Hall–Kier alpha value is -3.51. The van der Waals surface area contributed by atoms with Gasteiger partial charge in [-0.25, -0.2) is 9.97 Å². The van der Waals surface area contributed by atoms with Crippen molar-refractivity contribution in [2.75, 3.05) is 25.1 Å². The van der Waals surface area contributed by atoms with Gasteiger partial charge in [0, 0.05) is 30.0 Å². The summed E-state index contributed by atoms with van der Waals surface area (Å²) in [6.45, 7) is 1.65. The molecule has 2 aromatic heterocycles. The van der Waals surface area contributed by atoms with Gasteiger partial charge in [0.15, 0.2) is 0 Å². The average molecular weight is 425 g/mol. The summed E-state index contributed by atoms with van der Waals surface area (Å²) in [5.74, 6) is 2.01. The Bertz CT molecular complexity index is 1320. The van der Waals surface area contributed by atoms with Gasteiger partial charge in [-0.3, -0.25) is 4.98 Å². The molecule has 2 aromatic carbocycles. The van der Waals surface area contributed by atoms with Crippen LogP contribution in [0.2, 0.25) is 0 Å². The molecule has 1 atom stereocenters. The number of nitrogens with zero attached hydrogens (tertiary/aromatic N) is 4. The number of aryl methyl sites for hydroxylation is 1. The summed E-state index contributed by atoms with van der Waals surface area (Å²) in [7, 11) is 1.67. The number of hydrogen-bond donors (Lipinski definition) is 1. The molecule has 6 rings (SSSR count). The van der Waals surface area contributed by atoms with Gasteiger partial charge >= 0.3 is 0 Å². The summed E-state index contributed by atoms with van der Waals surface area (Å²) in [4.78, 5) is 17.1. The molecule has 0 amide bonds. The van der Waals surface area contributed by atoms with Gasteiger partial charge in [-0.2, -0.15) is 0 Å². The van der Waals surface area contributed by atoms with Crippen LogP contribution in [0.25, 0.3) is 22.2 Å². The summed E-state index contributed by atoms with van der Waals surface area (Å²) >= 11 is 0. The number of anilines is 1. The first-order chi connectivity index (χ1) is 15.7. The van der Waals surface area contributed by atoms with Crippen LogP contribution in [0.5, 0.6) is 5.75 Å². The number of pyridine rings is 1. The number of aliphatic hydroxyl groups is 1. The van der Waals surface area contributed by atoms with Crippen molar-refractivity contribution in [3.8, 4) is 17.0 Å². The second kappa shape index (κ2) is 7.57. The van der Waals surface area contributed by atoms with Gasteiger partial charge in [0.1, 0.15) is 11.6 Å². The molecule has 3 heterocycles. The van der Waals surface area contributed by atoms with Crippen molar-refractivity contribution >= 4 is 16.7 Å². The molecular formula is C26H24N4O2. The molecule has 1 N–H and O–H groups in total. The summed E-state index contributed by atoms with van der Waals surface area (Å²) in [6.07, 6.45) is 0.932. The number of rotatable bonds is 4. The van der Waals surface area contributed by atoms with E-state index < -0.39 is 6.10 Å². The van der Waals surface area contributed by atoms with Crippen LogP contribution < -0.4 is 9.64 Å². The lowest BCUT2D eigenvalue weighted by atomic mass is 9.91. The topological polar surface area (TPSA) is 71.4 Å². The second-order valence-electron chi connectivity index (χ2n) is 8.54. The maximum Gasteiger partial charge on any atom is 0.129 e. The number of methoxy groups -OCH3 is 1. The first-order valence-corrected chi connectivity index (χ1v) is 11.0. The number of para-hydroxylation sites is 1. The number of aliphatic hydroxyl groups excluding tert-OH is 1. The Labute approximate surface area is 186 Å². The maximum atomic E-state index is 10.4. The Morgan fingerprint density at radius 1 is 0.938 bits per heavy atom. The minimum atomic E-state index is -0.519. The Balaban J connectivity index is 1.34. The van der Waals surface area contributed by atoms with E-state index in [-0.39, 0.29) is 5.92 Å². The summed E-state index contributed by atoms with van der Waals surface area (Å²) in [6, 6.07) is 20.4. The Morgan fingerprint density at radius 3 is 2.69 bits per heavy atom. The minimum absolute atomic E-state index is 0.232. The van der Waals surface area contributed by atoms with Crippen molar-refractivity contribution in [1.82, 2.24) is 15.0 Å². The quantitative estimate of drug-likeness (QED) is 0.527. The van der Waals surface area contributed by atoms with E-state index in [9.17, 15) is 5.11 Å². The zero-order valence-electron chi connectivity index (χ0n) is 17.9. The van der Waals surface area contributed by atoms with Crippen LogP contribution in [0.15, 0.2) is 60.7 Å². The molecule has 0 bridgehead atoms. The normalized spacial score (nSPS) is 17.9. The molecule has 160 valence electrons. The van der Waals surface area contributed by atoms with E-state index in [1.807, 2.05) is 36.4 Å². The minimum Gasteiger partial charge on any atom is -0.497 e. The lowest BCUT2D eigenvalue weighted by Gasteiger charge is -2.40. The van der Waals surface area contributed by atoms with Crippen LogP contribution in [-0.2, 0) is 6.42 Å². The third-order valence-corrected chi connectivity index (χ3v) is 6.52. The molecule has 4 aromatic rings. The monoisotopic (exact) mass is 424 g/mol. The molecule has 0 saturated carbocycles. The highest BCUT2D eigenvalue weighted by atomic mass is 16.5. The summed E-state index contributed by atoms with van der Waals surface area (Å²) in [5.41, 5.74) is 5.51. The Morgan fingerprint density at radius 2 is 1.81 bits per heavy atom. The lowest BCUT2D eigenvalue weighted by Crippen LogP contribution is -2.46. The average Bonchev–Trinajstić information content (AvgIpc) is 3.17. The summed E-state index contributed by atoms with van der Waals surface area (Å²) < 4.78 is 5.43. The van der Waals surface area contributed by atoms with Gasteiger partial charge in [-0.05, 0) is 43.2 Å². The SMILES string of the molecule is COc1cccc(-c2nc3c(nc2C2CN(c4ccc5ccccc5n4)C2)C(O)CC3)c1. The van der Waals surface area contributed by atoms with Crippen LogP contribution in [0.3, 0.4) is 0 Å². The van der Waals surface area contributed by atoms with E-state index in [0.717, 1.165) is 70.3 Å². The molecule has 32 heavy (non-hydrogen) atoms. The molecule has 2 aliphatic rings. The lowest BCUT2D eigenvalue weighted by molar-refractivity contribution is 0.175. The van der Waals surface area contributed by atoms with Gasteiger partial charge in [-0.15, -0.1) is 0 Å². The molecule has 1 unspecified atom stereocenters. The zero-order chi connectivity index (χ0) is 21.7. The van der Waals surface area contributed by atoms with Crippen molar-refractivity contribution in [2.45, 2.75) is 24.9 Å². The van der Waals surface area contributed by atoms with Crippen molar-refractivity contribution < 1.29 is 9.84 Å². The van der Waals surface area contributed by atoms with Gasteiger partial charge < -0.3 is 14.7 Å². The van der Waals surface area contributed by atoms with Gasteiger partial charge in [0.2, 0.25) is 0 Å². The molecule has 6 nitrogen and oxygen atoms in total. The van der Waals surface area contributed by atoms with Crippen LogP contribution in [0.4, 0.5) is 5.82 Å². The standard InChI is InChI=1S/C26H24N4O2/c1-32-19-7-4-6-17(13-19)24-25(29-26-21(28-24)10-11-22(26)31)18-14-30(15-18)23-12-9-16-5-2-3-8-20(16)27-23/h2-9,12-13,18,22,31H,10-11,14-15H2,1H3. The van der Waals surface area contributed by atoms with E-state index in [2.05, 4.69) is 29.2 Å². The first-order valence-electron chi connectivity index (χ1n) is 11.0. The largest absolute Gasteiger partial charge is 0.497 e. The third kappa shape index (κ3) is 3.19. The molecular weight excluding hydrogens is 400 g/mol. The van der Waals surface area contributed by atoms with Crippen molar-refractivity contribution in [1.29, 1.82) is 0 Å². The van der Waals surface area contributed by atoms with E-state index in [1.165, 1.54) is 0 Å². The Kier molecular flexibility index (Phi) is 4.54. The van der Waals surface area contributed by atoms with Crippen molar-refractivity contribution in [3.05, 3.63) is 77.7 Å². The maximum absolute atomic E-state index is 10.4. The molecule has 1 aliphatic carbocycles. The van der Waals surface area contributed by atoms with Crippen LogP contribution in [0, 0.1) is 0 Å². The number of aromatic nitrogens is 3. The van der Waals surface area contributed by atoms with Crippen LogP contribution in [0.1, 0.15) is 35.5 Å². The van der Waals surface area contributed by atoms with Crippen LogP contribution >= 0.6 is 0 Å². The van der Waals surface area contributed by atoms with Crippen molar-refractivity contribution in [2.24, 2.45) is 0 Å². The number of benzene rings is 2. The second-order valence-corrected chi connectivity index (χ2v) is 8.54. The predicted octanol–water partition coefficient (Wildman–Crippen LogP) is 4.28. The van der Waals surface area contributed by atoms with Gasteiger partial charge in [-0.1, -0.05) is 30.3 Å². The van der Waals surface area contributed by atoms with E-state index in [0.29, 0.717) is 6.42 Å². The molecule has 1 aliphatic heterocycles. The molecule has 0 radical (unpaired) electrons. The molecule has 1 saturated heterocycles. The smallest absolute Gasteiger partial charge is 0.129 e. The predicted molar refractivity (Wildman–Crippen MR) is 124 cm³/mol. The highest BCUT2D eigenvalue weighted by Gasteiger charge is 2.35. The fraction of sp³-hybridized carbons (Fsp3) is 0.269. The summed E-state index contributed by atoms with van der Waals surface area (Å²) in [5, 5.41) is 11.6. The number of hydrogen-bond acceptors (Lipinski definition) is 6.